The molecule has 30 heavy (non-hydrogen) atoms. The van der Waals surface area contributed by atoms with Crippen molar-refractivity contribution in [3.05, 3.63) is 69.1 Å². The van der Waals surface area contributed by atoms with Gasteiger partial charge in [0.25, 0.3) is 0 Å². The lowest BCUT2D eigenvalue weighted by molar-refractivity contribution is -0.137. The molecule has 0 spiro atoms. The van der Waals surface area contributed by atoms with Crippen LogP contribution in [0.5, 0.6) is 0 Å². The summed E-state index contributed by atoms with van der Waals surface area (Å²) < 4.78 is 40.5. The second-order valence-electron chi connectivity index (χ2n) is 7.32. The third kappa shape index (κ3) is 3.07. The summed E-state index contributed by atoms with van der Waals surface area (Å²) in [5.74, 6) is 0.378. The lowest BCUT2D eigenvalue weighted by atomic mass is 9.80. The number of rotatable bonds is 2. The molecule has 0 saturated heterocycles. The molecule has 154 valence electrons. The first-order valence-electron chi connectivity index (χ1n) is 9.27. The Morgan fingerprint density at radius 1 is 1.17 bits per heavy atom. The number of allylic oxidation sites excluding steroid dienone is 2. The SMILES string of the molecule is Nc1nc2n(n1)[C@@H](c1ccc(C(F)(F)F)cc1)C1=C(C[C@@H](c3cccs3)CC1=O)N2. The number of anilines is 2. The third-order valence-corrected chi connectivity index (χ3v) is 6.47. The molecular weight excluding hydrogens is 415 g/mol. The lowest BCUT2D eigenvalue weighted by Crippen LogP contribution is -2.33. The van der Waals surface area contributed by atoms with E-state index in [1.54, 1.807) is 11.3 Å². The first-order chi connectivity index (χ1) is 14.3. The summed E-state index contributed by atoms with van der Waals surface area (Å²) in [6.45, 7) is 0. The largest absolute Gasteiger partial charge is 0.416 e. The van der Waals surface area contributed by atoms with E-state index < -0.39 is 17.8 Å². The highest BCUT2D eigenvalue weighted by Crippen LogP contribution is 2.45. The number of Topliss-reactive ketones (excluding diaryl/α,β-unsaturated/α-hetero) is 1. The summed E-state index contributed by atoms with van der Waals surface area (Å²) in [6, 6.07) is 8.06. The van der Waals surface area contributed by atoms with E-state index in [4.69, 9.17) is 5.73 Å². The van der Waals surface area contributed by atoms with Crippen LogP contribution < -0.4 is 11.1 Å². The molecule has 2 aromatic heterocycles. The minimum absolute atomic E-state index is 0.0246. The molecule has 3 aromatic rings. The highest BCUT2D eigenvalue weighted by atomic mass is 32.1. The van der Waals surface area contributed by atoms with Gasteiger partial charge >= 0.3 is 6.18 Å². The molecule has 2 atom stereocenters. The number of hydrogen-bond donors (Lipinski definition) is 2. The average molecular weight is 431 g/mol. The Morgan fingerprint density at radius 3 is 2.60 bits per heavy atom. The van der Waals surface area contributed by atoms with E-state index in [1.165, 1.54) is 16.8 Å². The number of benzene rings is 1. The number of nitrogen functional groups attached to an aromatic ring is 1. The maximum Gasteiger partial charge on any atom is 0.416 e. The first kappa shape index (κ1) is 18.9. The van der Waals surface area contributed by atoms with Gasteiger partial charge in [-0.1, -0.05) is 18.2 Å². The average Bonchev–Trinajstić information content (AvgIpc) is 3.34. The number of fused-ring (bicyclic) bond motifs is 1. The van der Waals surface area contributed by atoms with Crippen molar-refractivity contribution >= 4 is 29.0 Å². The van der Waals surface area contributed by atoms with Crippen LogP contribution in [0.3, 0.4) is 0 Å². The van der Waals surface area contributed by atoms with Crippen molar-refractivity contribution in [2.75, 3.05) is 11.1 Å². The fourth-order valence-corrected chi connectivity index (χ4v) is 4.95. The van der Waals surface area contributed by atoms with Crippen molar-refractivity contribution in [2.45, 2.75) is 31.0 Å². The molecule has 1 aliphatic heterocycles. The van der Waals surface area contributed by atoms with Crippen molar-refractivity contribution < 1.29 is 18.0 Å². The minimum Gasteiger partial charge on any atom is -0.366 e. The highest BCUT2D eigenvalue weighted by molar-refractivity contribution is 7.10. The van der Waals surface area contributed by atoms with Gasteiger partial charge in [-0.05, 0) is 35.6 Å². The number of aromatic nitrogens is 3. The fraction of sp³-hybridized carbons (Fsp3) is 0.250. The van der Waals surface area contributed by atoms with Crippen LogP contribution in [0.4, 0.5) is 25.1 Å². The van der Waals surface area contributed by atoms with E-state index in [1.807, 2.05) is 17.5 Å². The summed E-state index contributed by atoms with van der Waals surface area (Å²) in [6.07, 6.45) is -3.50. The number of hydrogen-bond acceptors (Lipinski definition) is 6. The van der Waals surface area contributed by atoms with Crippen LogP contribution in [0.2, 0.25) is 0 Å². The van der Waals surface area contributed by atoms with E-state index >= 15 is 0 Å². The normalized spacial score (nSPS) is 21.2. The second-order valence-corrected chi connectivity index (χ2v) is 8.30. The van der Waals surface area contributed by atoms with Gasteiger partial charge in [-0.3, -0.25) is 4.79 Å². The molecule has 3 heterocycles. The molecule has 1 aromatic carbocycles. The van der Waals surface area contributed by atoms with E-state index in [-0.39, 0.29) is 17.6 Å². The highest BCUT2D eigenvalue weighted by Gasteiger charge is 2.40. The van der Waals surface area contributed by atoms with Gasteiger partial charge < -0.3 is 11.1 Å². The topological polar surface area (TPSA) is 85.8 Å². The number of nitrogens with one attached hydrogen (secondary N) is 1. The van der Waals surface area contributed by atoms with Gasteiger partial charge in [-0.25, -0.2) is 4.68 Å². The maximum atomic E-state index is 13.2. The number of halogens is 3. The fourth-order valence-electron chi connectivity index (χ4n) is 4.12. The molecule has 0 saturated carbocycles. The van der Waals surface area contributed by atoms with Crippen LogP contribution in [-0.2, 0) is 11.0 Å². The van der Waals surface area contributed by atoms with Gasteiger partial charge in [0.15, 0.2) is 5.78 Å². The minimum atomic E-state index is -4.44. The number of carbonyl (C=O) groups excluding carboxylic acids is 1. The van der Waals surface area contributed by atoms with Crippen molar-refractivity contribution in [1.29, 1.82) is 0 Å². The van der Waals surface area contributed by atoms with E-state index in [9.17, 15) is 18.0 Å². The number of thiophene rings is 1. The van der Waals surface area contributed by atoms with Crippen LogP contribution in [0.1, 0.15) is 40.8 Å². The van der Waals surface area contributed by atoms with Gasteiger partial charge in [-0.15, -0.1) is 16.4 Å². The molecule has 0 unspecified atom stereocenters. The zero-order valence-corrected chi connectivity index (χ0v) is 16.3. The van der Waals surface area contributed by atoms with Gasteiger partial charge in [0, 0.05) is 28.5 Å². The van der Waals surface area contributed by atoms with Crippen molar-refractivity contribution in [3.8, 4) is 0 Å². The summed E-state index contributed by atoms with van der Waals surface area (Å²) in [5.41, 5.74) is 6.76. The van der Waals surface area contributed by atoms with Crippen molar-refractivity contribution in [2.24, 2.45) is 0 Å². The van der Waals surface area contributed by atoms with Gasteiger partial charge in [0.05, 0.1) is 5.56 Å². The summed E-state index contributed by atoms with van der Waals surface area (Å²) in [4.78, 5) is 18.5. The molecule has 2 aliphatic rings. The lowest BCUT2D eigenvalue weighted by Gasteiger charge is -2.34. The molecule has 10 heteroatoms. The quantitative estimate of drug-likeness (QED) is 0.630. The monoisotopic (exact) mass is 431 g/mol. The van der Waals surface area contributed by atoms with Crippen LogP contribution in [-0.4, -0.2) is 20.5 Å². The summed E-state index contributed by atoms with van der Waals surface area (Å²) in [5, 5.41) is 9.33. The van der Waals surface area contributed by atoms with Crippen LogP contribution in [0.25, 0.3) is 0 Å². The van der Waals surface area contributed by atoms with E-state index in [0.29, 0.717) is 29.9 Å². The molecule has 1 aliphatic carbocycles. The molecule has 5 rings (SSSR count). The van der Waals surface area contributed by atoms with Crippen LogP contribution in [0.15, 0.2) is 53.0 Å². The summed E-state index contributed by atoms with van der Waals surface area (Å²) >= 11 is 1.60. The number of carbonyl (C=O) groups is 1. The zero-order chi connectivity index (χ0) is 21.0. The predicted molar refractivity (Wildman–Crippen MR) is 106 cm³/mol. The number of nitrogens with zero attached hydrogens (tertiary/aromatic N) is 3. The van der Waals surface area contributed by atoms with E-state index in [2.05, 4.69) is 15.4 Å². The Morgan fingerprint density at radius 2 is 1.93 bits per heavy atom. The molecule has 0 amide bonds. The molecule has 3 N–H and O–H groups in total. The van der Waals surface area contributed by atoms with E-state index in [0.717, 1.165) is 22.7 Å². The standard InChI is InChI=1S/C20H16F3N5OS/c21-20(22,23)12-5-3-10(4-6-12)17-16-13(25-19-26-18(24)27-28(17)19)8-11(9-14(16)29)15-2-1-7-30-15/h1-7,11,17H,8-9H2,(H3,24,25,26,27)/t11-,17+/m1/s1. The first-order valence-corrected chi connectivity index (χ1v) is 10.1. The molecule has 0 radical (unpaired) electrons. The van der Waals surface area contributed by atoms with Gasteiger partial charge in [-0.2, -0.15) is 18.2 Å². The number of ketones is 1. The Kier molecular flexibility index (Phi) is 4.21. The number of alkyl halides is 3. The zero-order valence-electron chi connectivity index (χ0n) is 15.5. The van der Waals surface area contributed by atoms with Crippen molar-refractivity contribution in [3.63, 3.8) is 0 Å². The molecular formula is C20H16F3N5OS. The number of nitrogens with two attached hydrogens (primary N) is 1. The van der Waals surface area contributed by atoms with Gasteiger partial charge in [0.1, 0.15) is 6.04 Å². The molecule has 6 nitrogen and oxygen atoms in total. The Bertz CT molecular complexity index is 1150. The Labute approximate surface area is 173 Å². The van der Waals surface area contributed by atoms with Crippen molar-refractivity contribution in [1.82, 2.24) is 14.8 Å². The summed E-state index contributed by atoms with van der Waals surface area (Å²) in [7, 11) is 0. The Balaban J connectivity index is 1.60. The second kappa shape index (κ2) is 6.69. The maximum absolute atomic E-state index is 13.2. The van der Waals surface area contributed by atoms with Gasteiger partial charge in [0.2, 0.25) is 11.9 Å². The van der Waals surface area contributed by atoms with Crippen LogP contribution in [0, 0.1) is 0 Å². The molecule has 0 bridgehead atoms. The third-order valence-electron chi connectivity index (χ3n) is 5.44. The molecule has 0 fully saturated rings. The predicted octanol–water partition coefficient (Wildman–Crippen LogP) is 4.36. The van der Waals surface area contributed by atoms with Crippen LogP contribution >= 0.6 is 11.3 Å². The smallest absolute Gasteiger partial charge is 0.366 e. The Hall–Kier alpha value is -3.14.